The lowest BCUT2D eigenvalue weighted by Gasteiger charge is -2.30. The van der Waals surface area contributed by atoms with Gasteiger partial charge in [-0.05, 0) is 55.7 Å². The molecule has 1 fully saturated rings. The van der Waals surface area contributed by atoms with E-state index >= 15 is 0 Å². The standard InChI is InChI=1S/C13H17ClFNS/c1-13(5-2-6-17-13)12(16)8-9-7-10(15)3-4-11(9)14/h3-4,7,12H,2,5-6,8,16H2,1H3. The molecule has 0 spiro atoms. The third-order valence-corrected chi connectivity index (χ3v) is 5.51. The number of benzene rings is 1. The van der Waals surface area contributed by atoms with Gasteiger partial charge < -0.3 is 5.73 Å². The van der Waals surface area contributed by atoms with E-state index in [9.17, 15) is 4.39 Å². The van der Waals surface area contributed by atoms with E-state index in [1.54, 1.807) is 6.07 Å². The summed E-state index contributed by atoms with van der Waals surface area (Å²) in [7, 11) is 0. The minimum Gasteiger partial charge on any atom is -0.326 e. The van der Waals surface area contributed by atoms with Crippen LogP contribution in [0.25, 0.3) is 0 Å². The van der Waals surface area contributed by atoms with Gasteiger partial charge in [0.1, 0.15) is 5.82 Å². The molecule has 0 aliphatic carbocycles. The van der Waals surface area contributed by atoms with Gasteiger partial charge in [-0.3, -0.25) is 0 Å². The summed E-state index contributed by atoms with van der Waals surface area (Å²) in [6, 6.07) is 4.49. The van der Waals surface area contributed by atoms with Gasteiger partial charge in [-0.2, -0.15) is 11.8 Å². The van der Waals surface area contributed by atoms with E-state index in [1.807, 2.05) is 11.8 Å². The lowest BCUT2D eigenvalue weighted by molar-refractivity contribution is 0.481. The summed E-state index contributed by atoms with van der Waals surface area (Å²) in [4.78, 5) is 0. The van der Waals surface area contributed by atoms with Gasteiger partial charge in [0.25, 0.3) is 0 Å². The SMILES string of the molecule is CC1(C(N)Cc2cc(F)ccc2Cl)CCCS1. The van der Waals surface area contributed by atoms with E-state index in [4.69, 9.17) is 17.3 Å². The molecule has 1 nitrogen and oxygen atoms in total. The summed E-state index contributed by atoms with van der Waals surface area (Å²) in [6.45, 7) is 2.20. The van der Waals surface area contributed by atoms with Crippen LogP contribution in [0.1, 0.15) is 25.3 Å². The van der Waals surface area contributed by atoms with Crippen LogP contribution in [-0.4, -0.2) is 16.5 Å². The van der Waals surface area contributed by atoms with Crippen LogP contribution >= 0.6 is 23.4 Å². The van der Waals surface area contributed by atoms with Crippen LogP contribution < -0.4 is 5.73 Å². The highest BCUT2D eigenvalue weighted by Gasteiger charge is 2.35. The van der Waals surface area contributed by atoms with E-state index in [0.29, 0.717) is 11.4 Å². The summed E-state index contributed by atoms with van der Waals surface area (Å²) in [5.74, 6) is 0.919. The third-order valence-electron chi connectivity index (χ3n) is 3.48. The average molecular weight is 274 g/mol. The maximum absolute atomic E-state index is 13.2. The second-order valence-electron chi connectivity index (χ2n) is 4.81. The monoisotopic (exact) mass is 273 g/mol. The van der Waals surface area contributed by atoms with Crippen LogP contribution in [0.5, 0.6) is 0 Å². The molecule has 2 unspecified atom stereocenters. The third kappa shape index (κ3) is 2.95. The highest BCUT2D eigenvalue weighted by atomic mass is 35.5. The fourth-order valence-corrected chi connectivity index (χ4v) is 3.78. The summed E-state index contributed by atoms with van der Waals surface area (Å²) >= 11 is 7.98. The lowest BCUT2D eigenvalue weighted by Crippen LogP contribution is -2.42. The Morgan fingerprint density at radius 3 is 3.00 bits per heavy atom. The Bertz CT molecular complexity index is 404. The molecule has 17 heavy (non-hydrogen) atoms. The number of hydrogen-bond donors (Lipinski definition) is 1. The number of rotatable bonds is 3. The second-order valence-corrected chi connectivity index (χ2v) is 6.85. The van der Waals surface area contributed by atoms with Gasteiger partial charge in [0.05, 0.1) is 0 Å². The van der Waals surface area contributed by atoms with E-state index in [-0.39, 0.29) is 16.6 Å². The van der Waals surface area contributed by atoms with Gasteiger partial charge >= 0.3 is 0 Å². The van der Waals surface area contributed by atoms with Crippen molar-refractivity contribution in [2.45, 2.75) is 37.0 Å². The van der Waals surface area contributed by atoms with Crippen molar-refractivity contribution in [3.8, 4) is 0 Å². The zero-order valence-electron chi connectivity index (χ0n) is 9.88. The smallest absolute Gasteiger partial charge is 0.123 e. The molecule has 0 saturated carbocycles. The van der Waals surface area contributed by atoms with Gasteiger partial charge in [0.2, 0.25) is 0 Å². The molecule has 1 aliphatic heterocycles. The predicted octanol–water partition coefficient (Wildman–Crippen LogP) is 3.63. The van der Waals surface area contributed by atoms with Crippen LogP contribution in [0.2, 0.25) is 5.02 Å². The van der Waals surface area contributed by atoms with Crippen LogP contribution in [0.15, 0.2) is 18.2 Å². The van der Waals surface area contributed by atoms with Crippen molar-refractivity contribution in [2.24, 2.45) is 5.73 Å². The first-order valence-corrected chi connectivity index (χ1v) is 7.21. The molecule has 0 amide bonds. The Balaban J connectivity index is 2.12. The van der Waals surface area contributed by atoms with Crippen LogP contribution in [0.3, 0.4) is 0 Å². The molecule has 0 radical (unpaired) electrons. The zero-order chi connectivity index (χ0) is 12.5. The Morgan fingerprint density at radius 1 is 1.59 bits per heavy atom. The largest absolute Gasteiger partial charge is 0.326 e. The molecule has 0 aromatic heterocycles. The summed E-state index contributed by atoms with van der Waals surface area (Å²) < 4.78 is 13.3. The lowest BCUT2D eigenvalue weighted by atomic mass is 9.91. The fourth-order valence-electron chi connectivity index (χ4n) is 2.25. The first kappa shape index (κ1) is 13.2. The topological polar surface area (TPSA) is 26.0 Å². The first-order valence-electron chi connectivity index (χ1n) is 5.85. The number of thioether (sulfide) groups is 1. The van der Waals surface area contributed by atoms with E-state index in [0.717, 1.165) is 12.0 Å². The van der Waals surface area contributed by atoms with Crippen LogP contribution in [0, 0.1) is 5.82 Å². The molecule has 0 bridgehead atoms. The minimum atomic E-state index is -0.249. The van der Waals surface area contributed by atoms with Crippen molar-refractivity contribution >= 4 is 23.4 Å². The molecular weight excluding hydrogens is 257 g/mol. The van der Waals surface area contributed by atoms with Gasteiger partial charge in [-0.25, -0.2) is 4.39 Å². The molecule has 94 valence electrons. The highest BCUT2D eigenvalue weighted by Crippen LogP contribution is 2.40. The van der Waals surface area contributed by atoms with Crippen LogP contribution in [0.4, 0.5) is 4.39 Å². The van der Waals surface area contributed by atoms with Crippen molar-refractivity contribution in [3.63, 3.8) is 0 Å². The molecule has 1 heterocycles. The zero-order valence-corrected chi connectivity index (χ0v) is 11.5. The maximum Gasteiger partial charge on any atom is 0.123 e. The predicted molar refractivity (Wildman–Crippen MR) is 73.2 cm³/mol. The van der Waals surface area contributed by atoms with Crippen LogP contribution in [-0.2, 0) is 6.42 Å². The van der Waals surface area contributed by atoms with E-state index in [1.165, 1.54) is 24.3 Å². The molecular formula is C13H17ClFNS. The molecule has 1 aliphatic rings. The van der Waals surface area contributed by atoms with Gasteiger partial charge in [0.15, 0.2) is 0 Å². The van der Waals surface area contributed by atoms with Crippen molar-refractivity contribution in [1.82, 2.24) is 0 Å². The molecule has 1 saturated heterocycles. The van der Waals surface area contributed by atoms with Crippen molar-refractivity contribution in [1.29, 1.82) is 0 Å². The Hall–Kier alpha value is -0.250. The van der Waals surface area contributed by atoms with Gasteiger partial charge in [-0.1, -0.05) is 11.6 Å². The number of halogens is 2. The maximum atomic E-state index is 13.2. The second kappa shape index (κ2) is 5.17. The quantitative estimate of drug-likeness (QED) is 0.910. The van der Waals surface area contributed by atoms with Crippen molar-refractivity contribution < 1.29 is 4.39 Å². The fraction of sp³-hybridized carbons (Fsp3) is 0.538. The molecule has 2 atom stereocenters. The molecule has 2 N–H and O–H groups in total. The minimum absolute atomic E-state index is 0.0225. The van der Waals surface area contributed by atoms with E-state index < -0.39 is 0 Å². The first-order chi connectivity index (χ1) is 8.01. The molecule has 1 aromatic rings. The number of nitrogens with two attached hydrogens (primary N) is 1. The van der Waals surface area contributed by atoms with Gasteiger partial charge in [-0.15, -0.1) is 0 Å². The highest BCUT2D eigenvalue weighted by molar-refractivity contribution is 8.00. The average Bonchev–Trinajstić information content (AvgIpc) is 2.72. The van der Waals surface area contributed by atoms with E-state index in [2.05, 4.69) is 6.92 Å². The molecule has 1 aromatic carbocycles. The van der Waals surface area contributed by atoms with Crippen molar-refractivity contribution in [2.75, 3.05) is 5.75 Å². The summed E-state index contributed by atoms with van der Waals surface area (Å²) in [5, 5.41) is 0.605. The normalized spacial score (nSPS) is 26.1. The summed E-state index contributed by atoms with van der Waals surface area (Å²) in [5.41, 5.74) is 7.08. The Morgan fingerprint density at radius 2 is 2.35 bits per heavy atom. The van der Waals surface area contributed by atoms with Crippen molar-refractivity contribution in [3.05, 3.63) is 34.6 Å². The molecule has 4 heteroatoms. The number of hydrogen-bond acceptors (Lipinski definition) is 2. The summed E-state index contributed by atoms with van der Waals surface area (Å²) in [6.07, 6.45) is 2.98. The Kier molecular flexibility index (Phi) is 4.01. The van der Waals surface area contributed by atoms with Gasteiger partial charge in [0, 0.05) is 15.8 Å². The Labute approximate surface area is 111 Å². The molecule has 2 rings (SSSR count).